The molecule has 164 valence electrons. The second kappa shape index (κ2) is 10.6. The van der Waals surface area contributed by atoms with Crippen molar-refractivity contribution in [3.8, 4) is 5.75 Å². The number of anilines is 1. The van der Waals surface area contributed by atoms with Gasteiger partial charge in [-0.3, -0.25) is 4.79 Å². The van der Waals surface area contributed by atoms with E-state index in [9.17, 15) is 4.79 Å². The Morgan fingerprint density at radius 1 is 1.06 bits per heavy atom. The first-order chi connectivity index (χ1) is 14.8. The van der Waals surface area contributed by atoms with Crippen LogP contribution in [0.5, 0.6) is 5.75 Å². The molecule has 0 aliphatic heterocycles. The van der Waals surface area contributed by atoms with Crippen LogP contribution in [0.3, 0.4) is 0 Å². The molecule has 0 aliphatic carbocycles. The molecule has 2 aromatic carbocycles. The fraction of sp³-hybridized carbons (Fsp3) is 0.286. The van der Waals surface area contributed by atoms with Crippen LogP contribution in [0.2, 0.25) is 15.1 Å². The molecule has 0 atom stereocenters. The van der Waals surface area contributed by atoms with Gasteiger partial charge in [0.2, 0.25) is 5.91 Å². The van der Waals surface area contributed by atoms with Crippen LogP contribution >= 0.6 is 46.6 Å². The van der Waals surface area contributed by atoms with Crippen LogP contribution in [-0.4, -0.2) is 26.4 Å². The number of hydrogen-bond donors (Lipinski definition) is 1. The average Bonchev–Trinajstić information content (AvgIpc) is 3.09. The molecule has 0 saturated carbocycles. The van der Waals surface area contributed by atoms with Gasteiger partial charge in [0.15, 0.2) is 11.0 Å². The molecule has 1 aromatic heterocycles. The topological polar surface area (TPSA) is 69.0 Å². The van der Waals surface area contributed by atoms with E-state index >= 15 is 0 Å². The lowest BCUT2D eigenvalue weighted by molar-refractivity contribution is -0.113. The van der Waals surface area contributed by atoms with Crippen molar-refractivity contribution in [2.24, 2.45) is 0 Å². The zero-order chi connectivity index (χ0) is 22.5. The van der Waals surface area contributed by atoms with Crippen LogP contribution < -0.4 is 10.1 Å². The number of ether oxygens (including phenoxy) is 1. The van der Waals surface area contributed by atoms with Crippen molar-refractivity contribution in [2.75, 3.05) is 11.1 Å². The smallest absolute Gasteiger partial charge is 0.234 e. The summed E-state index contributed by atoms with van der Waals surface area (Å²) in [7, 11) is 0. The minimum atomic E-state index is -0.195. The fourth-order valence-electron chi connectivity index (χ4n) is 2.94. The third kappa shape index (κ3) is 6.29. The molecule has 1 amide bonds. The molecule has 1 N–H and O–H groups in total. The van der Waals surface area contributed by atoms with Crippen LogP contribution in [0.1, 0.15) is 23.9 Å². The Bertz CT molecular complexity index is 1060. The van der Waals surface area contributed by atoms with E-state index in [2.05, 4.69) is 15.5 Å². The molecular weight excluding hydrogens is 479 g/mol. The highest BCUT2D eigenvalue weighted by molar-refractivity contribution is 7.99. The van der Waals surface area contributed by atoms with Crippen molar-refractivity contribution in [1.29, 1.82) is 0 Å². The summed E-state index contributed by atoms with van der Waals surface area (Å²) in [5.41, 5.74) is 2.46. The van der Waals surface area contributed by atoms with Crippen molar-refractivity contribution in [3.63, 3.8) is 0 Å². The summed E-state index contributed by atoms with van der Waals surface area (Å²) in [6.45, 7) is 6.77. The monoisotopic (exact) mass is 498 g/mol. The molecule has 0 unspecified atom stereocenters. The summed E-state index contributed by atoms with van der Waals surface area (Å²) < 4.78 is 7.82. The van der Waals surface area contributed by atoms with Crippen LogP contribution in [0.4, 0.5) is 5.69 Å². The van der Waals surface area contributed by atoms with E-state index in [-0.39, 0.29) is 18.3 Å². The van der Waals surface area contributed by atoms with Gasteiger partial charge >= 0.3 is 0 Å². The summed E-state index contributed by atoms with van der Waals surface area (Å²) in [5, 5.41) is 13.5. The van der Waals surface area contributed by atoms with Gasteiger partial charge in [0, 0.05) is 27.3 Å². The minimum absolute atomic E-state index is 0.165. The van der Waals surface area contributed by atoms with Gasteiger partial charge in [-0.2, -0.15) is 0 Å². The Balaban J connectivity index is 1.61. The Kier molecular flexibility index (Phi) is 8.11. The first-order valence-electron chi connectivity index (χ1n) is 9.47. The molecule has 10 heteroatoms. The molecule has 0 aliphatic rings. The summed E-state index contributed by atoms with van der Waals surface area (Å²) in [6, 6.07) is 8.67. The largest absolute Gasteiger partial charge is 0.486 e. The predicted octanol–water partition coefficient (Wildman–Crippen LogP) is 6.18. The maximum atomic E-state index is 12.3. The van der Waals surface area contributed by atoms with Gasteiger partial charge in [0.25, 0.3) is 0 Å². The minimum Gasteiger partial charge on any atom is -0.486 e. The molecule has 0 spiro atoms. The normalized spacial score (nSPS) is 10.9. The van der Waals surface area contributed by atoms with Crippen LogP contribution in [-0.2, 0) is 17.9 Å². The van der Waals surface area contributed by atoms with E-state index in [1.807, 2.05) is 37.5 Å². The SMILES string of the molecule is CCn1c(COc2cc(C)c(Cl)c(C)c2)nnc1SCC(=O)Nc1cc(Cl)cc(Cl)c1. The average molecular weight is 500 g/mol. The van der Waals surface area contributed by atoms with E-state index in [0.29, 0.717) is 33.3 Å². The molecule has 0 radical (unpaired) electrons. The molecule has 0 bridgehead atoms. The van der Waals surface area contributed by atoms with E-state index < -0.39 is 0 Å². The molecule has 31 heavy (non-hydrogen) atoms. The third-order valence-corrected chi connectivity index (χ3v) is 6.37. The number of rotatable bonds is 8. The predicted molar refractivity (Wildman–Crippen MR) is 127 cm³/mol. The third-order valence-electron chi connectivity index (χ3n) is 4.37. The second-order valence-electron chi connectivity index (χ2n) is 6.80. The summed E-state index contributed by atoms with van der Waals surface area (Å²) in [6.07, 6.45) is 0. The number of carbonyl (C=O) groups is 1. The van der Waals surface area contributed by atoms with E-state index in [0.717, 1.165) is 21.9 Å². The molecule has 0 saturated heterocycles. The van der Waals surface area contributed by atoms with Gasteiger partial charge in [0.1, 0.15) is 12.4 Å². The van der Waals surface area contributed by atoms with Crippen LogP contribution in [0.25, 0.3) is 0 Å². The highest BCUT2D eigenvalue weighted by Crippen LogP contribution is 2.27. The lowest BCUT2D eigenvalue weighted by Crippen LogP contribution is -2.15. The van der Waals surface area contributed by atoms with E-state index in [1.54, 1.807) is 18.2 Å². The number of aryl methyl sites for hydroxylation is 2. The first-order valence-corrected chi connectivity index (χ1v) is 11.6. The Morgan fingerprint density at radius 2 is 1.71 bits per heavy atom. The standard InChI is InChI=1S/C21H21Cl3N4O2S/c1-4-28-18(10-30-17-5-12(2)20(24)13(3)6-17)26-27-21(28)31-11-19(29)25-16-8-14(22)7-15(23)9-16/h5-9H,4,10-11H2,1-3H3,(H,25,29). The Hall–Kier alpha value is -1.93. The van der Waals surface area contributed by atoms with E-state index in [1.165, 1.54) is 11.8 Å². The van der Waals surface area contributed by atoms with Crippen LogP contribution in [0.15, 0.2) is 35.5 Å². The van der Waals surface area contributed by atoms with E-state index in [4.69, 9.17) is 39.5 Å². The van der Waals surface area contributed by atoms with Gasteiger partial charge < -0.3 is 14.6 Å². The zero-order valence-corrected chi connectivity index (χ0v) is 20.3. The number of hydrogen-bond acceptors (Lipinski definition) is 5. The number of thioether (sulfide) groups is 1. The number of carbonyl (C=O) groups excluding carboxylic acids is 1. The van der Waals surface area contributed by atoms with Crippen molar-refractivity contribution in [3.05, 3.63) is 62.4 Å². The molecule has 3 aromatic rings. The fourth-order valence-corrected chi connectivity index (χ4v) is 4.40. The number of nitrogens with zero attached hydrogens (tertiary/aromatic N) is 3. The van der Waals surface area contributed by atoms with Crippen molar-refractivity contribution < 1.29 is 9.53 Å². The highest BCUT2D eigenvalue weighted by atomic mass is 35.5. The molecular formula is C21H21Cl3N4O2S. The lowest BCUT2D eigenvalue weighted by atomic mass is 10.1. The maximum absolute atomic E-state index is 12.3. The summed E-state index contributed by atoms with van der Waals surface area (Å²) in [5.74, 6) is 1.37. The second-order valence-corrected chi connectivity index (χ2v) is 8.99. The number of nitrogens with one attached hydrogen (secondary N) is 1. The van der Waals surface area contributed by atoms with Gasteiger partial charge in [0.05, 0.1) is 5.75 Å². The van der Waals surface area contributed by atoms with Crippen molar-refractivity contribution >= 4 is 58.2 Å². The highest BCUT2D eigenvalue weighted by Gasteiger charge is 2.14. The Morgan fingerprint density at radius 3 is 2.32 bits per heavy atom. The lowest BCUT2D eigenvalue weighted by Gasteiger charge is -2.11. The Labute approximate surface area is 200 Å². The van der Waals surface area contributed by atoms with Crippen molar-refractivity contribution in [2.45, 2.75) is 39.1 Å². The summed E-state index contributed by atoms with van der Waals surface area (Å²) >= 11 is 19.4. The summed E-state index contributed by atoms with van der Waals surface area (Å²) in [4.78, 5) is 12.3. The van der Waals surface area contributed by atoms with Gasteiger partial charge in [-0.05, 0) is 62.2 Å². The molecule has 3 rings (SSSR count). The molecule has 1 heterocycles. The van der Waals surface area contributed by atoms with Gasteiger partial charge in [-0.15, -0.1) is 10.2 Å². The number of amides is 1. The van der Waals surface area contributed by atoms with Gasteiger partial charge in [-0.25, -0.2) is 0 Å². The number of halogens is 3. The van der Waals surface area contributed by atoms with Gasteiger partial charge in [-0.1, -0.05) is 46.6 Å². The molecule has 6 nitrogen and oxygen atoms in total. The van der Waals surface area contributed by atoms with Crippen LogP contribution in [0, 0.1) is 13.8 Å². The quantitative estimate of drug-likeness (QED) is 0.375. The number of aromatic nitrogens is 3. The molecule has 0 fully saturated rings. The first kappa shape index (κ1) is 23.7. The zero-order valence-electron chi connectivity index (χ0n) is 17.2. The number of benzene rings is 2. The van der Waals surface area contributed by atoms with Crippen molar-refractivity contribution in [1.82, 2.24) is 14.8 Å². The maximum Gasteiger partial charge on any atom is 0.234 e.